The van der Waals surface area contributed by atoms with E-state index < -0.39 is 5.72 Å². The summed E-state index contributed by atoms with van der Waals surface area (Å²) in [5, 5.41) is 11.6. The highest BCUT2D eigenvalue weighted by atomic mass is 16.6. The van der Waals surface area contributed by atoms with Crippen LogP contribution in [0.25, 0.3) is 0 Å². The molecule has 4 aliphatic rings. The molecule has 4 rings (SSSR count). The molecule has 0 aromatic carbocycles. The largest absolute Gasteiger partial charge is 0.457 e. The van der Waals surface area contributed by atoms with E-state index in [0.29, 0.717) is 11.8 Å². The van der Waals surface area contributed by atoms with Crippen LogP contribution >= 0.6 is 0 Å². The molecular formula is C16H25NO3. The average Bonchev–Trinajstić information content (AvgIpc) is 2.92. The molecule has 1 unspecified atom stereocenters. The Balaban J connectivity index is 1.92. The fourth-order valence-electron chi connectivity index (χ4n) is 6.27. The molecule has 2 aliphatic carbocycles. The van der Waals surface area contributed by atoms with Crippen LogP contribution in [0.4, 0.5) is 0 Å². The topological polar surface area (TPSA) is 49.8 Å². The molecule has 20 heavy (non-hydrogen) atoms. The predicted octanol–water partition coefficient (Wildman–Crippen LogP) is 1.48. The first kappa shape index (κ1) is 13.1. The summed E-state index contributed by atoms with van der Waals surface area (Å²) in [5.41, 5.74) is -1.16. The molecule has 4 heteroatoms. The number of fused-ring (bicyclic) bond motifs is 4. The monoisotopic (exact) mass is 279 g/mol. The summed E-state index contributed by atoms with van der Waals surface area (Å²) in [7, 11) is 1.99. The van der Waals surface area contributed by atoms with Crippen molar-refractivity contribution in [1.82, 2.24) is 4.90 Å². The number of hydrogen-bond acceptors (Lipinski definition) is 4. The summed E-state index contributed by atoms with van der Waals surface area (Å²) in [6.45, 7) is 7.44. The highest BCUT2D eigenvalue weighted by Crippen LogP contribution is 2.70. The highest BCUT2D eigenvalue weighted by Gasteiger charge is 2.78. The summed E-state index contributed by atoms with van der Waals surface area (Å²) in [5.74, 6) is 1.23. The minimum atomic E-state index is -0.976. The Kier molecular flexibility index (Phi) is 2.34. The van der Waals surface area contributed by atoms with Crippen LogP contribution in [-0.2, 0) is 9.53 Å². The first-order valence-electron chi connectivity index (χ1n) is 7.97. The van der Waals surface area contributed by atoms with Gasteiger partial charge < -0.3 is 9.84 Å². The van der Waals surface area contributed by atoms with E-state index in [4.69, 9.17) is 4.74 Å². The van der Waals surface area contributed by atoms with Crippen LogP contribution in [0.2, 0.25) is 0 Å². The Bertz CT molecular complexity index is 478. The zero-order valence-electron chi connectivity index (χ0n) is 12.8. The fraction of sp³-hybridized carbons (Fsp3) is 0.938. The van der Waals surface area contributed by atoms with Gasteiger partial charge >= 0.3 is 5.97 Å². The maximum Gasteiger partial charge on any atom is 0.310 e. The van der Waals surface area contributed by atoms with Crippen LogP contribution in [0.1, 0.15) is 33.6 Å². The van der Waals surface area contributed by atoms with Gasteiger partial charge in [0.15, 0.2) is 5.72 Å². The Morgan fingerprint density at radius 2 is 2.10 bits per heavy atom. The van der Waals surface area contributed by atoms with Gasteiger partial charge in [-0.15, -0.1) is 0 Å². The van der Waals surface area contributed by atoms with Gasteiger partial charge in [0.2, 0.25) is 0 Å². The van der Waals surface area contributed by atoms with Crippen molar-refractivity contribution in [3.63, 3.8) is 0 Å². The number of hydrogen-bond donors (Lipinski definition) is 1. The fourth-order valence-corrected chi connectivity index (χ4v) is 6.27. The number of ether oxygens (including phenoxy) is 1. The van der Waals surface area contributed by atoms with Gasteiger partial charge in [0, 0.05) is 17.9 Å². The molecule has 2 heterocycles. The predicted molar refractivity (Wildman–Crippen MR) is 73.6 cm³/mol. The van der Waals surface area contributed by atoms with E-state index in [1.165, 1.54) is 0 Å². The molecule has 1 N–H and O–H groups in total. The van der Waals surface area contributed by atoms with E-state index in [1.807, 2.05) is 7.05 Å². The van der Waals surface area contributed by atoms with E-state index in [2.05, 4.69) is 25.7 Å². The third-order valence-corrected chi connectivity index (χ3v) is 7.19. The maximum absolute atomic E-state index is 12.4. The first-order chi connectivity index (χ1) is 9.33. The lowest BCUT2D eigenvalue weighted by molar-refractivity contribution is -0.247. The number of aliphatic hydroxyl groups is 1. The molecule has 7 atom stereocenters. The quantitative estimate of drug-likeness (QED) is 0.739. The van der Waals surface area contributed by atoms with Crippen LogP contribution in [0.15, 0.2) is 0 Å². The third kappa shape index (κ3) is 1.09. The first-order valence-corrected chi connectivity index (χ1v) is 7.97. The van der Waals surface area contributed by atoms with Gasteiger partial charge in [-0.2, -0.15) is 0 Å². The van der Waals surface area contributed by atoms with E-state index in [-0.39, 0.29) is 35.2 Å². The molecule has 0 amide bonds. The molecule has 4 fully saturated rings. The molecule has 2 aliphatic heterocycles. The lowest BCUT2D eigenvalue weighted by Gasteiger charge is -2.54. The van der Waals surface area contributed by atoms with Crippen molar-refractivity contribution in [2.75, 3.05) is 13.6 Å². The van der Waals surface area contributed by atoms with Crippen LogP contribution < -0.4 is 0 Å². The van der Waals surface area contributed by atoms with Gasteiger partial charge in [0.05, 0.1) is 5.92 Å². The standard InChI is InChI=1S/C16H25NO3/c1-8(2)11-12-10-6-5-9-7-17(4)16(19,15(9,10)3)13(11)20-14(12)18/h8-13,19H,5-7H2,1-4H3/t9-,10+,11+,12+,13?,15+,16+/m1/s1. The van der Waals surface area contributed by atoms with Crippen molar-refractivity contribution in [3.05, 3.63) is 0 Å². The maximum atomic E-state index is 12.4. The van der Waals surface area contributed by atoms with Crippen molar-refractivity contribution in [2.45, 2.75) is 45.4 Å². The summed E-state index contributed by atoms with van der Waals surface area (Å²) in [4.78, 5) is 14.5. The summed E-state index contributed by atoms with van der Waals surface area (Å²) >= 11 is 0. The lowest BCUT2D eigenvalue weighted by Crippen LogP contribution is -2.67. The van der Waals surface area contributed by atoms with E-state index in [1.54, 1.807) is 0 Å². The van der Waals surface area contributed by atoms with Crippen LogP contribution in [0.3, 0.4) is 0 Å². The van der Waals surface area contributed by atoms with E-state index in [9.17, 15) is 9.90 Å². The summed E-state index contributed by atoms with van der Waals surface area (Å²) in [6, 6.07) is 0. The Hall–Kier alpha value is -0.610. The summed E-state index contributed by atoms with van der Waals surface area (Å²) < 4.78 is 5.73. The van der Waals surface area contributed by atoms with Gasteiger partial charge in [-0.3, -0.25) is 9.69 Å². The molecule has 0 aromatic rings. The second-order valence-electron chi connectivity index (χ2n) is 7.97. The van der Waals surface area contributed by atoms with Crippen LogP contribution in [-0.4, -0.2) is 41.4 Å². The number of likely N-dealkylation sites (tertiary alicyclic amines) is 1. The zero-order chi connectivity index (χ0) is 14.4. The number of esters is 1. The van der Waals surface area contributed by atoms with Crippen LogP contribution in [0.5, 0.6) is 0 Å². The van der Waals surface area contributed by atoms with E-state index >= 15 is 0 Å². The number of rotatable bonds is 1. The third-order valence-electron chi connectivity index (χ3n) is 7.19. The SMILES string of the molecule is CC(C)[C@@H]1C2OC(=O)[C@H]1[C@@H]1CC[C@@H]3CN(C)[C@@]2(O)[C@@]31C. The molecule has 2 bridgehead atoms. The lowest BCUT2D eigenvalue weighted by atomic mass is 9.53. The minimum Gasteiger partial charge on any atom is -0.457 e. The number of carbonyl (C=O) groups excluding carboxylic acids is 1. The van der Waals surface area contributed by atoms with Crippen molar-refractivity contribution < 1.29 is 14.6 Å². The summed E-state index contributed by atoms with van der Waals surface area (Å²) in [6.07, 6.45) is 1.84. The van der Waals surface area contributed by atoms with Crippen molar-refractivity contribution >= 4 is 5.97 Å². The zero-order valence-corrected chi connectivity index (χ0v) is 12.8. The molecule has 2 saturated heterocycles. The van der Waals surface area contributed by atoms with Crippen molar-refractivity contribution in [2.24, 2.45) is 35.0 Å². The van der Waals surface area contributed by atoms with Crippen molar-refractivity contribution in [3.8, 4) is 0 Å². The second kappa shape index (κ2) is 3.58. The molecule has 2 saturated carbocycles. The number of likely N-dealkylation sites (N-methyl/N-ethyl adjacent to an activating group) is 1. The Morgan fingerprint density at radius 1 is 1.40 bits per heavy atom. The second-order valence-corrected chi connectivity index (χ2v) is 7.97. The number of nitrogens with zero attached hydrogens (tertiary/aromatic N) is 1. The molecule has 0 aromatic heterocycles. The molecule has 0 spiro atoms. The van der Waals surface area contributed by atoms with Crippen LogP contribution in [0, 0.1) is 35.0 Å². The van der Waals surface area contributed by atoms with Gasteiger partial charge in [-0.1, -0.05) is 20.8 Å². The van der Waals surface area contributed by atoms with Gasteiger partial charge in [0.1, 0.15) is 6.10 Å². The highest BCUT2D eigenvalue weighted by molar-refractivity contribution is 5.77. The molecule has 0 radical (unpaired) electrons. The smallest absolute Gasteiger partial charge is 0.310 e. The minimum absolute atomic E-state index is 0.00164. The average molecular weight is 279 g/mol. The van der Waals surface area contributed by atoms with Gasteiger partial charge in [-0.05, 0) is 37.6 Å². The van der Waals surface area contributed by atoms with Gasteiger partial charge in [0.25, 0.3) is 0 Å². The normalized spacial score (nSPS) is 57.3. The Morgan fingerprint density at radius 3 is 2.75 bits per heavy atom. The van der Waals surface area contributed by atoms with E-state index in [0.717, 1.165) is 19.4 Å². The molecular weight excluding hydrogens is 254 g/mol. The van der Waals surface area contributed by atoms with Crippen molar-refractivity contribution in [1.29, 1.82) is 0 Å². The number of carbonyl (C=O) groups is 1. The molecule has 4 nitrogen and oxygen atoms in total. The van der Waals surface area contributed by atoms with Gasteiger partial charge in [-0.25, -0.2) is 0 Å². The Labute approximate surface area is 120 Å². The molecule has 112 valence electrons.